The summed E-state index contributed by atoms with van der Waals surface area (Å²) in [5, 5.41) is 8.14. The van der Waals surface area contributed by atoms with E-state index < -0.39 is 0 Å². The first-order valence-corrected chi connectivity index (χ1v) is 15.2. The third kappa shape index (κ3) is 6.39. The smallest absolute Gasteiger partial charge is 0.0547 e. The number of fused-ring (bicyclic) bond motifs is 5. The Morgan fingerprint density at radius 2 is 1.47 bits per heavy atom. The molecule has 214 valence electrons. The van der Waals surface area contributed by atoms with Gasteiger partial charge in [-0.3, -0.25) is 0 Å². The standard InChI is InChI=1S/C33H28N2.C6H6.C2H6/c1-3-8-23(17-18-34-2)28-14-16-32-30(21-28)31-20-26-11-6-7-12-27(26)22-33(31)35(32)29-15-13-24-9-4-5-10-25(24)19-29;1-2-4-6-5-3-1;1-2/h3,5-8,10-22,34H,1,4,9H2,2H3;1-6H;1-2H3/b18-17-,23-8+;;. The topological polar surface area (TPSA) is 17.0 Å². The van der Waals surface area contributed by atoms with Gasteiger partial charge in [0.05, 0.1) is 11.0 Å². The SMILES string of the molecule is C=C/C=C(\C=C/NC)c1ccc2c(c1)c1cc3ccccc3cc1n2-c1ccc2c(c1)C=CCC2.CC.c1ccccc1. The van der Waals surface area contributed by atoms with E-state index in [-0.39, 0.29) is 0 Å². The van der Waals surface area contributed by atoms with E-state index in [4.69, 9.17) is 0 Å². The molecule has 1 aliphatic carbocycles. The summed E-state index contributed by atoms with van der Waals surface area (Å²) in [4.78, 5) is 0. The van der Waals surface area contributed by atoms with Gasteiger partial charge in [0, 0.05) is 23.5 Å². The molecule has 0 bridgehead atoms. The van der Waals surface area contributed by atoms with Crippen molar-refractivity contribution in [1.29, 1.82) is 0 Å². The van der Waals surface area contributed by atoms with E-state index in [0.29, 0.717) is 0 Å². The molecule has 1 aromatic heterocycles. The highest BCUT2D eigenvalue weighted by molar-refractivity contribution is 6.14. The molecule has 0 amide bonds. The van der Waals surface area contributed by atoms with Gasteiger partial charge < -0.3 is 9.88 Å². The molecule has 1 N–H and O–H groups in total. The third-order valence-electron chi connectivity index (χ3n) is 7.62. The molecule has 0 radical (unpaired) electrons. The molecule has 2 nitrogen and oxygen atoms in total. The van der Waals surface area contributed by atoms with E-state index >= 15 is 0 Å². The summed E-state index contributed by atoms with van der Waals surface area (Å²) in [5.41, 5.74) is 8.71. The molecule has 5 aromatic carbocycles. The van der Waals surface area contributed by atoms with Crippen molar-refractivity contribution in [2.75, 3.05) is 7.05 Å². The van der Waals surface area contributed by atoms with Crippen LogP contribution in [0.3, 0.4) is 0 Å². The number of hydrogen-bond acceptors (Lipinski definition) is 1. The normalized spacial score (nSPS) is 12.4. The second-order valence-corrected chi connectivity index (χ2v) is 10.2. The number of allylic oxidation sites excluding steroid dienone is 5. The summed E-state index contributed by atoms with van der Waals surface area (Å²) in [7, 11) is 1.91. The van der Waals surface area contributed by atoms with Crippen LogP contribution in [0.15, 0.2) is 146 Å². The Morgan fingerprint density at radius 1 is 0.767 bits per heavy atom. The Labute approximate surface area is 256 Å². The lowest BCUT2D eigenvalue weighted by molar-refractivity contribution is 0.982. The average Bonchev–Trinajstić information content (AvgIpc) is 3.39. The maximum Gasteiger partial charge on any atom is 0.0547 e. The van der Waals surface area contributed by atoms with E-state index in [1.165, 1.54) is 55.0 Å². The average molecular weight is 561 g/mol. The molecule has 0 saturated heterocycles. The molecular formula is C41H40N2. The first kappa shape index (κ1) is 29.4. The van der Waals surface area contributed by atoms with Gasteiger partial charge in [-0.15, -0.1) is 0 Å². The van der Waals surface area contributed by atoms with Crippen LogP contribution < -0.4 is 5.32 Å². The highest BCUT2D eigenvalue weighted by Gasteiger charge is 2.16. The van der Waals surface area contributed by atoms with Crippen LogP contribution in [-0.2, 0) is 6.42 Å². The van der Waals surface area contributed by atoms with Crippen LogP contribution in [-0.4, -0.2) is 11.6 Å². The number of aryl methyl sites for hydroxylation is 1. The van der Waals surface area contributed by atoms with Crippen molar-refractivity contribution >= 4 is 44.2 Å². The summed E-state index contributed by atoms with van der Waals surface area (Å²) < 4.78 is 2.42. The molecule has 1 heterocycles. The summed E-state index contributed by atoms with van der Waals surface area (Å²) in [5.74, 6) is 0. The van der Waals surface area contributed by atoms with Crippen molar-refractivity contribution in [3.63, 3.8) is 0 Å². The van der Waals surface area contributed by atoms with E-state index in [1.54, 1.807) is 0 Å². The Hall–Kier alpha value is -5.08. The predicted octanol–water partition coefficient (Wildman–Crippen LogP) is 10.9. The number of rotatable bonds is 5. The molecule has 0 atom stereocenters. The quantitative estimate of drug-likeness (QED) is 0.208. The molecule has 2 heteroatoms. The van der Waals surface area contributed by atoms with Crippen LogP contribution in [0.25, 0.3) is 49.9 Å². The molecule has 0 fully saturated rings. The largest absolute Gasteiger partial charge is 0.394 e. The second kappa shape index (κ2) is 14.2. The van der Waals surface area contributed by atoms with Gasteiger partial charge in [0.2, 0.25) is 0 Å². The highest BCUT2D eigenvalue weighted by Crippen LogP contribution is 2.37. The fourth-order valence-corrected chi connectivity index (χ4v) is 5.65. The Bertz CT molecular complexity index is 1910. The van der Waals surface area contributed by atoms with Crippen LogP contribution in [0.4, 0.5) is 0 Å². The maximum absolute atomic E-state index is 3.92. The number of hydrogen-bond donors (Lipinski definition) is 1. The molecular weight excluding hydrogens is 520 g/mol. The Balaban J connectivity index is 0.000000406. The third-order valence-corrected chi connectivity index (χ3v) is 7.62. The minimum Gasteiger partial charge on any atom is -0.394 e. The lowest BCUT2D eigenvalue weighted by atomic mass is 9.97. The van der Waals surface area contributed by atoms with E-state index in [0.717, 1.165) is 18.4 Å². The molecule has 0 spiro atoms. The molecule has 0 aliphatic heterocycles. The molecule has 7 rings (SSSR count). The summed E-state index contributed by atoms with van der Waals surface area (Å²) in [6.45, 7) is 7.92. The summed E-state index contributed by atoms with van der Waals surface area (Å²) in [6.07, 6.45) is 14.7. The van der Waals surface area contributed by atoms with E-state index in [9.17, 15) is 0 Å². The van der Waals surface area contributed by atoms with Crippen molar-refractivity contribution in [3.05, 3.63) is 163 Å². The Kier molecular flexibility index (Phi) is 9.71. The lowest BCUT2D eigenvalue weighted by Gasteiger charge is -2.14. The van der Waals surface area contributed by atoms with Gasteiger partial charge in [-0.1, -0.05) is 118 Å². The van der Waals surface area contributed by atoms with E-state index in [1.807, 2.05) is 69.6 Å². The Morgan fingerprint density at radius 3 is 2.16 bits per heavy atom. The number of aromatic nitrogens is 1. The van der Waals surface area contributed by atoms with Crippen molar-refractivity contribution in [2.45, 2.75) is 26.7 Å². The molecule has 6 aromatic rings. The monoisotopic (exact) mass is 560 g/mol. The van der Waals surface area contributed by atoms with Crippen LogP contribution >= 0.6 is 0 Å². The fraction of sp³-hybridized carbons (Fsp3) is 0.122. The van der Waals surface area contributed by atoms with Crippen molar-refractivity contribution in [2.24, 2.45) is 0 Å². The van der Waals surface area contributed by atoms with Gasteiger partial charge in [-0.05, 0) is 94.6 Å². The first-order valence-electron chi connectivity index (χ1n) is 15.2. The zero-order valence-electron chi connectivity index (χ0n) is 25.4. The molecule has 43 heavy (non-hydrogen) atoms. The van der Waals surface area contributed by atoms with Gasteiger partial charge in [-0.2, -0.15) is 0 Å². The lowest BCUT2D eigenvalue weighted by Crippen LogP contribution is -1.99. The van der Waals surface area contributed by atoms with Crippen LogP contribution in [0.1, 0.15) is 37.0 Å². The van der Waals surface area contributed by atoms with Crippen molar-refractivity contribution in [3.8, 4) is 5.69 Å². The predicted molar refractivity (Wildman–Crippen MR) is 190 cm³/mol. The minimum atomic E-state index is 1.12. The van der Waals surface area contributed by atoms with Gasteiger partial charge in [0.1, 0.15) is 0 Å². The maximum atomic E-state index is 3.92. The van der Waals surface area contributed by atoms with Crippen LogP contribution in [0, 0.1) is 0 Å². The minimum absolute atomic E-state index is 1.12. The van der Waals surface area contributed by atoms with Gasteiger partial charge in [0.25, 0.3) is 0 Å². The van der Waals surface area contributed by atoms with Gasteiger partial charge in [-0.25, -0.2) is 0 Å². The summed E-state index contributed by atoms with van der Waals surface area (Å²) >= 11 is 0. The fourth-order valence-electron chi connectivity index (χ4n) is 5.65. The van der Waals surface area contributed by atoms with Crippen LogP contribution in [0.2, 0.25) is 0 Å². The number of nitrogens with one attached hydrogen (secondary N) is 1. The first-order chi connectivity index (χ1) is 21.3. The van der Waals surface area contributed by atoms with Gasteiger partial charge >= 0.3 is 0 Å². The van der Waals surface area contributed by atoms with E-state index in [2.05, 4.69) is 114 Å². The highest BCUT2D eigenvalue weighted by atomic mass is 15.0. The zero-order valence-corrected chi connectivity index (χ0v) is 25.4. The van der Waals surface area contributed by atoms with Crippen molar-refractivity contribution < 1.29 is 0 Å². The molecule has 1 aliphatic rings. The summed E-state index contributed by atoms with van der Waals surface area (Å²) in [6, 6.07) is 39.0. The zero-order chi connectivity index (χ0) is 30.0. The van der Waals surface area contributed by atoms with Gasteiger partial charge in [0.15, 0.2) is 0 Å². The number of benzene rings is 5. The molecule has 0 saturated carbocycles. The molecule has 0 unspecified atom stereocenters. The van der Waals surface area contributed by atoms with Crippen molar-refractivity contribution in [1.82, 2.24) is 9.88 Å². The van der Waals surface area contributed by atoms with Crippen LogP contribution in [0.5, 0.6) is 0 Å². The number of nitrogens with zero attached hydrogens (tertiary/aromatic N) is 1. The second-order valence-electron chi connectivity index (χ2n) is 10.2.